The van der Waals surface area contributed by atoms with Crippen LogP contribution in [0.1, 0.15) is 138 Å². The highest BCUT2D eigenvalue weighted by atomic mass is 32.2. The van der Waals surface area contributed by atoms with Gasteiger partial charge in [0, 0.05) is 30.9 Å². The summed E-state index contributed by atoms with van der Waals surface area (Å²) in [6.45, 7) is 26.9. The second-order valence-electron chi connectivity index (χ2n) is 22.1. The van der Waals surface area contributed by atoms with Gasteiger partial charge in [0.15, 0.2) is 0 Å². The number of alkyl halides is 1. The van der Waals surface area contributed by atoms with Gasteiger partial charge in [-0.3, -0.25) is 4.79 Å². The Balaban J connectivity index is 0.991. The van der Waals surface area contributed by atoms with Gasteiger partial charge in [0.25, 0.3) is 0 Å². The number of halogens is 1. The molecule has 0 aromatic heterocycles. The minimum atomic E-state index is -1.08. The molecule has 4 nitrogen and oxygen atoms in total. The summed E-state index contributed by atoms with van der Waals surface area (Å²) in [5, 5.41) is 6.86. The smallest absolute Gasteiger partial charge is 0.315 e. The van der Waals surface area contributed by atoms with Crippen LogP contribution in [0.15, 0.2) is 65.8 Å². The van der Waals surface area contributed by atoms with Crippen LogP contribution >= 0.6 is 10.5 Å². The summed E-state index contributed by atoms with van der Waals surface area (Å²) < 4.78 is 20.5. The Labute approximate surface area is 361 Å². The molecule has 4 saturated carbocycles. The minimum absolute atomic E-state index is 0.0209. The first-order valence-corrected chi connectivity index (χ1v) is 25.5. The Morgan fingerprint density at radius 2 is 1.73 bits per heavy atom. The maximum atomic E-state index is 14.8. The lowest BCUT2D eigenvalue weighted by molar-refractivity contribution is -0.221. The molecular weight excluding hydrogens is 748 g/mol. The van der Waals surface area contributed by atoms with Crippen LogP contribution in [0.5, 0.6) is 0 Å². The van der Waals surface area contributed by atoms with Gasteiger partial charge in [-0.2, -0.15) is 10.5 Å². The Kier molecular flexibility index (Phi) is 12.3. The number of carbonyl (C=O) groups excluding carboxylic acids is 1. The SMILES string of the molecule is C=C(C)[C@@H]1CCC2(NCCN3CCC/S(=C\C)CC3)CC[C@]3(C)[C@H](CC[C@@H]4[C@@]5(C)CC=C(C6=CC[C@](CF)(C(=O)OCc7ccccc7)CC6)C(C)(C)[C@@H]5CC[C@]43C)[C@@H]12. The largest absolute Gasteiger partial charge is 0.460 e. The van der Waals surface area contributed by atoms with E-state index < -0.39 is 12.1 Å². The quantitative estimate of drug-likeness (QED) is 0.145. The molecule has 5 fully saturated rings. The molecule has 1 aromatic carbocycles. The van der Waals surface area contributed by atoms with Gasteiger partial charge in [0.05, 0.1) is 5.41 Å². The molecule has 1 saturated heterocycles. The molecule has 11 atom stereocenters. The number of benzene rings is 1. The molecule has 59 heavy (non-hydrogen) atoms. The molecule has 6 aliphatic carbocycles. The molecule has 0 radical (unpaired) electrons. The fourth-order valence-corrected chi connectivity index (χ4v) is 17.5. The van der Waals surface area contributed by atoms with Crippen molar-refractivity contribution in [3.63, 3.8) is 0 Å². The second kappa shape index (κ2) is 16.6. The highest BCUT2D eigenvalue weighted by molar-refractivity contribution is 8.14. The van der Waals surface area contributed by atoms with Crippen LogP contribution in [0.3, 0.4) is 0 Å². The molecule has 1 N–H and O–H groups in total. The number of esters is 1. The van der Waals surface area contributed by atoms with Gasteiger partial charge in [0.1, 0.15) is 13.3 Å². The molecule has 6 heteroatoms. The number of hydrogen-bond donors (Lipinski definition) is 1. The van der Waals surface area contributed by atoms with E-state index in [-0.39, 0.29) is 28.9 Å². The summed E-state index contributed by atoms with van der Waals surface area (Å²) in [6, 6.07) is 9.74. The highest BCUT2D eigenvalue weighted by Gasteiger charge is 2.70. The first kappa shape index (κ1) is 43.6. The van der Waals surface area contributed by atoms with Crippen molar-refractivity contribution in [3.05, 3.63) is 71.3 Å². The van der Waals surface area contributed by atoms with Crippen molar-refractivity contribution in [2.24, 2.45) is 56.7 Å². The summed E-state index contributed by atoms with van der Waals surface area (Å²) in [6.07, 6.45) is 19.5. The van der Waals surface area contributed by atoms with E-state index in [0.29, 0.717) is 57.8 Å². The van der Waals surface area contributed by atoms with Gasteiger partial charge >= 0.3 is 5.97 Å². The topological polar surface area (TPSA) is 41.6 Å². The van der Waals surface area contributed by atoms with Gasteiger partial charge in [0.2, 0.25) is 0 Å². The van der Waals surface area contributed by atoms with Gasteiger partial charge in [-0.1, -0.05) is 94.6 Å². The Morgan fingerprint density at radius 3 is 2.44 bits per heavy atom. The van der Waals surface area contributed by atoms with Crippen molar-refractivity contribution >= 4 is 21.8 Å². The molecule has 8 rings (SSSR count). The fourth-order valence-electron chi connectivity index (χ4n) is 15.8. The Hall–Kier alpha value is -2.02. The molecule has 7 aliphatic rings. The van der Waals surface area contributed by atoms with Crippen LogP contribution in [-0.2, 0) is 16.1 Å². The number of nitrogens with zero attached hydrogens (tertiary/aromatic N) is 1. The van der Waals surface area contributed by atoms with Crippen molar-refractivity contribution in [1.82, 2.24) is 10.2 Å². The molecule has 1 aromatic rings. The lowest BCUT2D eigenvalue weighted by atomic mass is 9.33. The van der Waals surface area contributed by atoms with Gasteiger partial charge < -0.3 is 15.0 Å². The molecule has 0 spiro atoms. The summed E-state index contributed by atoms with van der Waals surface area (Å²) >= 11 is 0. The molecule has 0 bridgehead atoms. The predicted octanol–water partition coefficient (Wildman–Crippen LogP) is 12.1. The Morgan fingerprint density at radius 1 is 0.932 bits per heavy atom. The van der Waals surface area contributed by atoms with E-state index in [9.17, 15) is 9.18 Å². The average Bonchev–Trinajstić information content (AvgIpc) is 3.46. The maximum absolute atomic E-state index is 14.8. The van der Waals surface area contributed by atoms with Crippen LogP contribution in [-0.4, -0.2) is 66.1 Å². The summed E-state index contributed by atoms with van der Waals surface area (Å²) in [4.78, 5) is 16.2. The normalized spacial score (nSPS) is 42.0. The summed E-state index contributed by atoms with van der Waals surface area (Å²) in [7, 11) is 0.516. The number of carbonyl (C=O) groups is 1. The average molecular weight is 827 g/mol. The van der Waals surface area contributed by atoms with Crippen molar-refractivity contribution in [1.29, 1.82) is 0 Å². The molecule has 1 heterocycles. The number of hydrogen-bond acceptors (Lipinski definition) is 4. The summed E-state index contributed by atoms with van der Waals surface area (Å²) in [5.74, 6) is 5.70. The molecule has 0 amide bonds. The third-order valence-electron chi connectivity index (χ3n) is 19.3. The number of ether oxygens (including phenoxy) is 1. The number of fused-ring (bicyclic) bond motifs is 7. The first-order chi connectivity index (χ1) is 28.2. The number of nitrogens with one attached hydrogen (secondary N) is 1. The first-order valence-electron chi connectivity index (χ1n) is 23.9. The second-order valence-corrected chi connectivity index (χ2v) is 24.5. The van der Waals surface area contributed by atoms with Crippen molar-refractivity contribution < 1.29 is 13.9 Å². The van der Waals surface area contributed by atoms with Gasteiger partial charge in [-0.15, -0.1) is 0 Å². The van der Waals surface area contributed by atoms with E-state index >= 15 is 0 Å². The van der Waals surface area contributed by atoms with Crippen LogP contribution in [0.25, 0.3) is 0 Å². The van der Waals surface area contributed by atoms with E-state index in [1.54, 1.807) is 0 Å². The van der Waals surface area contributed by atoms with Crippen molar-refractivity contribution in [2.45, 2.75) is 144 Å². The lowest BCUT2D eigenvalue weighted by Crippen LogP contribution is -2.68. The molecule has 326 valence electrons. The van der Waals surface area contributed by atoms with Crippen molar-refractivity contribution in [3.8, 4) is 0 Å². The molecular formula is C53H79FN2O2S. The van der Waals surface area contributed by atoms with Crippen LogP contribution in [0, 0.1) is 56.7 Å². The predicted molar refractivity (Wildman–Crippen MR) is 247 cm³/mol. The summed E-state index contributed by atoms with van der Waals surface area (Å²) in [5.41, 5.74) is 5.25. The van der Waals surface area contributed by atoms with Crippen LogP contribution in [0.2, 0.25) is 0 Å². The van der Waals surface area contributed by atoms with Crippen molar-refractivity contribution in [2.75, 3.05) is 44.4 Å². The van der Waals surface area contributed by atoms with E-state index in [4.69, 9.17) is 4.74 Å². The van der Waals surface area contributed by atoms with E-state index in [1.165, 1.54) is 106 Å². The molecule has 1 aliphatic heterocycles. The van der Waals surface area contributed by atoms with Crippen LogP contribution in [0.4, 0.5) is 4.39 Å². The van der Waals surface area contributed by atoms with Crippen LogP contribution < -0.4 is 5.32 Å². The number of allylic oxidation sites excluding steroid dienone is 5. The minimum Gasteiger partial charge on any atom is -0.460 e. The third-order valence-corrected chi connectivity index (χ3v) is 21.5. The van der Waals surface area contributed by atoms with E-state index in [1.807, 2.05) is 30.3 Å². The van der Waals surface area contributed by atoms with E-state index in [2.05, 4.69) is 82.8 Å². The lowest BCUT2D eigenvalue weighted by Gasteiger charge is -2.72. The standard InChI is InChI=1S/C53H79FN2O2S/c1-9-59-34-13-31-56(33-35-59)32-30-55-53-27-20-41(38(2)3)46(53)43-16-17-45-49(6)23-21-42(48(4,5)44(49)22-24-51(45,8)50(43,7)28-29-53)40-18-25-52(37-54,26-19-40)47(57)58-36-39-14-11-10-12-15-39/h9-12,14-15,18,21,41,43-46,55H,2,13,16-17,19-20,22-37H2,1,3-8H3/t41-,43+,44-,45+,46+,49-,50+,51+,52-,53?,59?/m0/s1. The van der Waals surface area contributed by atoms with E-state index in [0.717, 1.165) is 30.9 Å². The monoisotopic (exact) mass is 827 g/mol. The molecule has 2 unspecified atom stereocenters. The fraction of sp³-hybridized carbons (Fsp3) is 0.736. The Bertz CT molecular complexity index is 1840. The highest BCUT2D eigenvalue weighted by Crippen LogP contribution is 2.76. The zero-order valence-corrected chi connectivity index (χ0v) is 38.9. The zero-order valence-electron chi connectivity index (χ0n) is 38.1. The van der Waals surface area contributed by atoms with Gasteiger partial charge in [-0.05, 0) is 178 Å². The number of rotatable bonds is 10. The third kappa shape index (κ3) is 7.35. The van der Waals surface area contributed by atoms with Gasteiger partial charge in [-0.25, -0.2) is 4.39 Å². The maximum Gasteiger partial charge on any atom is 0.315 e. The zero-order chi connectivity index (χ0) is 41.8.